The van der Waals surface area contributed by atoms with Crippen LogP contribution in [0, 0.1) is 5.41 Å². The fourth-order valence-corrected chi connectivity index (χ4v) is 3.23. The second-order valence-corrected chi connectivity index (χ2v) is 5.64. The van der Waals surface area contributed by atoms with Crippen LogP contribution in [0.25, 0.3) is 0 Å². The Hall–Kier alpha value is -1.11. The molecule has 1 aliphatic carbocycles. The number of unbranched alkanes of at least 4 members (excludes halogenated alkanes) is 1. The summed E-state index contributed by atoms with van der Waals surface area (Å²) in [5, 5.41) is 0. The predicted octanol–water partition coefficient (Wildman–Crippen LogP) is 5.01. The van der Waals surface area contributed by atoms with E-state index in [9.17, 15) is 4.79 Å². The molecule has 0 aromatic heterocycles. The van der Waals surface area contributed by atoms with E-state index in [0.717, 1.165) is 24.8 Å². The molecule has 2 rings (SSSR count). The predicted molar refractivity (Wildman–Crippen MR) is 75.8 cm³/mol. The third-order valence-corrected chi connectivity index (χ3v) is 4.34. The summed E-state index contributed by atoms with van der Waals surface area (Å²) < 4.78 is 0. The summed E-state index contributed by atoms with van der Waals surface area (Å²) in [6.07, 6.45) is 9.39. The maximum absolute atomic E-state index is 12.8. The lowest BCUT2D eigenvalue weighted by Crippen LogP contribution is -2.33. The molecule has 0 bridgehead atoms. The zero-order valence-corrected chi connectivity index (χ0v) is 11.5. The molecule has 18 heavy (non-hydrogen) atoms. The molecule has 1 fully saturated rings. The first kappa shape index (κ1) is 13.3. The Kier molecular flexibility index (Phi) is 4.57. The van der Waals surface area contributed by atoms with Gasteiger partial charge in [0.1, 0.15) is 0 Å². The monoisotopic (exact) mass is 244 g/mol. The Morgan fingerprint density at radius 3 is 2.39 bits per heavy atom. The Morgan fingerprint density at radius 2 is 1.78 bits per heavy atom. The molecule has 0 atom stereocenters. The number of benzene rings is 1. The molecule has 0 radical (unpaired) electrons. The van der Waals surface area contributed by atoms with Gasteiger partial charge in [-0.15, -0.1) is 0 Å². The smallest absolute Gasteiger partial charge is 0.168 e. The number of hydrogen-bond donors (Lipinski definition) is 0. The number of carbonyl (C=O) groups is 1. The van der Waals surface area contributed by atoms with Crippen LogP contribution in [0.5, 0.6) is 0 Å². The van der Waals surface area contributed by atoms with E-state index in [-0.39, 0.29) is 5.41 Å². The van der Waals surface area contributed by atoms with Crippen molar-refractivity contribution >= 4 is 5.78 Å². The van der Waals surface area contributed by atoms with E-state index in [4.69, 9.17) is 0 Å². The van der Waals surface area contributed by atoms with Gasteiger partial charge in [-0.2, -0.15) is 0 Å². The Balaban J connectivity index is 2.20. The van der Waals surface area contributed by atoms with E-state index < -0.39 is 0 Å². The molecule has 1 aromatic carbocycles. The lowest BCUT2D eigenvalue weighted by molar-refractivity contribution is 0.0684. The zero-order chi connectivity index (χ0) is 12.8. The van der Waals surface area contributed by atoms with Gasteiger partial charge in [0, 0.05) is 11.0 Å². The van der Waals surface area contributed by atoms with Crippen molar-refractivity contribution in [3.8, 4) is 0 Å². The summed E-state index contributed by atoms with van der Waals surface area (Å²) in [6.45, 7) is 2.21. The molecule has 0 spiro atoms. The minimum absolute atomic E-state index is 0.0460. The molecular formula is C17H24O. The molecule has 0 unspecified atom stereocenters. The molecule has 0 N–H and O–H groups in total. The summed E-state index contributed by atoms with van der Waals surface area (Å²) in [7, 11) is 0. The number of rotatable bonds is 5. The number of hydrogen-bond acceptors (Lipinski definition) is 1. The topological polar surface area (TPSA) is 17.1 Å². The lowest BCUT2D eigenvalue weighted by Gasteiger charge is -2.36. The van der Waals surface area contributed by atoms with Crippen LogP contribution in [0.4, 0.5) is 0 Å². The molecule has 1 nitrogen and oxygen atoms in total. The maximum Gasteiger partial charge on any atom is 0.168 e. The highest BCUT2D eigenvalue weighted by molar-refractivity contribution is 6.00. The van der Waals surface area contributed by atoms with Gasteiger partial charge in [0.05, 0.1) is 0 Å². The largest absolute Gasteiger partial charge is 0.294 e. The van der Waals surface area contributed by atoms with E-state index in [1.54, 1.807) is 0 Å². The average Bonchev–Trinajstić information content (AvgIpc) is 2.46. The molecule has 1 aromatic rings. The highest BCUT2D eigenvalue weighted by atomic mass is 16.1. The van der Waals surface area contributed by atoms with Crippen LogP contribution < -0.4 is 0 Å². The summed E-state index contributed by atoms with van der Waals surface area (Å²) >= 11 is 0. The molecule has 0 amide bonds. The highest BCUT2D eigenvalue weighted by Crippen LogP contribution is 2.43. The first-order valence-electron chi connectivity index (χ1n) is 7.38. The van der Waals surface area contributed by atoms with Gasteiger partial charge >= 0.3 is 0 Å². The van der Waals surface area contributed by atoms with Crippen molar-refractivity contribution in [3.05, 3.63) is 35.9 Å². The summed E-state index contributed by atoms with van der Waals surface area (Å²) in [5.41, 5.74) is 0.866. The van der Waals surface area contributed by atoms with E-state index in [1.807, 2.05) is 30.3 Å². The zero-order valence-electron chi connectivity index (χ0n) is 11.5. The van der Waals surface area contributed by atoms with Crippen LogP contribution in [-0.4, -0.2) is 5.78 Å². The average molecular weight is 244 g/mol. The minimum Gasteiger partial charge on any atom is -0.294 e. The van der Waals surface area contributed by atoms with Crippen LogP contribution in [0.1, 0.15) is 68.6 Å². The van der Waals surface area contributed by atoms with Crippen molar-refractivity contribution < 1.29 is 4.79 Å². The van der Waals surface area contributed by atoms with E-state index in [1.165, 1.54) is 32.1 Å². The number of Topliss-reactive ketones (excluding diaryl/α,β-unsaturated/α-hetero) is 1. The Labute approximate surface area is 111 Å². The maximum atomic E-state index is 12.8. The second-order valence-electron chi connectivity index (χ2n) is 5.64. The van der Waals surface area contributed by atoms with Crippen LogP contribution in [-0.2, 0) is 0 Å². The fraction of sp³-hybridized carbons (Fsp3) is 0.588. The molecule has 98 valence electrons. The van der Waals surface area contributed by atoms with Crippen LogP contribution in [0.3, 0.4) is 0 Å². The molecule has 0 heterocycles. The minimum atomic E-state index is -0.0460. The first-order valence-corrected chi connectivity index (χ1v) is 7.38. The van der Waals surface area contributed by atoms with Crippen LogP contribution in [0.2, 0.25) is 0 Å². The van der Waals surface area contributed by atoms with Crippen molar-refractivity contribution in [2.75, 3.05) is 0 Å². The first-order chi connectivity index (χ1) is 8.78. The van der Waals surface area contributed by atoms with Crippen LogP contribution in [0.15, 0.2) is 30.3 Å². The molecule has 0 saturated heterocycles. The van der Waals surface area contributed by atoms with E-state index in [0.29, 0.717) is 5.78 Å². The summed E-state index contributed by atoms with van der Waals surface area (Å²) in [5.74, 6) is 0.399. The summed E-state index contributed by atoms with van der Waals surface area (Å²) in [6, 6.07) is 9.89. The lowest BCUT2D eigenvalue weighted by atomic mass is 9.67. The quantitative estimate of drug-likeness (QED) is 0.665. The Bertz CT molecular complexity index is 374. The second kappa shape index (κ2) is 6.17. The SMILES string of the molecule is CCCCC1(C(=O)c2ccccc2)CCCCC1. The van der Waals surface area contributed by atoms with Gasteiger partial charge in [0.15, 0.2) is 5.78 Å². The number of ketones is 1. The molecule has 1 aliphatic rings. The van der Waals surface area contributed by atoms with Gasteiger partial charge in [-0.1, -0.05) is 69.4 Å². The van der Waals surface area contributed by atoms with Crippen molar-refractivity contribution in [2.45, 2.75) is 58.3 Å². The van der Waals surface area contributed by atoms with Crippen molar-refractivity contribution in [3.63, 3.8) is 0 Å². The van der Waals surface area contributed by atoms with Gasteiger partial charge in [-0.3, -0.25) is 4.79 Å². The van der Waals surface area contributed by atoms with Gasteiger partial charge in [-0.25, -0.2) is 0 Å². The van der Waals surface area contributed by atoms with Crippen molar-refractivity contribution in [1.82, 2.24) is 0 Å². The van der Waals surface area contributed by atoms with E-state index in [2.05, 4.69) is 6.92 Å². The number of carbonyl (C=O) groups excluding carboxylic acids is 1. The molecular weight excluding hydrogens is 220 g/mol. The third-order valence-electron chi connectivity index (χ3n) is 4.34. The van der Waals surface area contributed by atoms with E-state index >= 15 is 0 Å². The standard InChI is InChI=1S/C17H24O/c1-2-3-12-17(13-8-5-9-14-17)16(18)15-10-6-4-7-11-15/h4,6-7,10-11H,2-3,5,8-9,12-14H2,1H3. The molecule has 1 heteroatoms. The van der Waals surface area contributed by atoms with Gasteiger partial charge in [0.25, 0.3) is 0 Å². The fourth-order valence-electron chi connectivity index (χ4n) is 3.23. The summed E-state index contributed by atoms with van der Waals surface area (Å²) in [4.78, 5) is 12.8. The van der Waals surface area contributed by atoms with Crippen molar-refractivity contribution in [1.29, 1.82) is 0 Å². The highest BCUT2D eigenvalue weighted by Gasteiger charge is 2.38. The Morgan fingerprint density at radius 1 is 1.11 bits per heavy atom. The molecule has 0 aliphatic heterocycles. The van der Waals surface area contributed by atoms with Crippen molar-refractivity contribution in [2.24, 2.45) is 5.41 Å². The van der Waals surface area contributed by atoms with Gasteiger partial charge < -0.3 is 0 Å². The van der Waals surface area contributed by atoms with Gasteiger partial charge in [0.2, 0.25) is 0 Å². The van der Waals surface area contributed by atoms with Gasteiger partial charge in [-0.05, 0) is 19.3 Å². The molecule has 1 saturated carbocycles. The van der Waals surface area contributed by atoms with Crippen LogP contribution >= 0.6 is 0 Å². The third kappa shape index (κ3) is 2.82. The normalized spacial score (nSPS) is 18.5.